The van der Waals surface area contributed by atoms with Gasteiger partial charge in [-0.3, -0.25) is 14.9 Å². The van der Waals surface area contributed by atoms with Crippen LogP contribution in [0.3, 0.4) is 0 Å². The van der Waals surface area contributed by atoms with E-state index in [2.05, 4.69) is 14.6 Å². The fourth-order valence-corrected chi connectivity index (χ4v) is 9.20. The number of sulfonamides is 1. The first-order valence-corrected chi connectivity index (χ1v) is 17.8. The van der Waals surface area contributed by atoms with E-state index in [0.29, 0.717) is 24.3 Å². The molecule has 0 unspecified atom stereocenters. The number of esters is 1. The van der Waals surface area contributed by atoms with Crippen LogP contribution in [0.1, 0.15) is 25.1 Å². The van der Waals surface area contributed by atoms with E-state index < -0.39 is 32.9 Å². The fraction of sp³-hybridized carbons (Fsp3) is 0.367. The van der Waals surface area contributed by atoms with Gasteiger partial charge >= 0.3 is 5.97 Å². The van der Waals surface area contributed by atoms with Crippen molar-refractivity contribution in [3.05, 3.63) is 92.0 Å². The van der Waals surface area contributed by atoms with Gasteiger partial charge in [0.2, 0.25) is 15.9 Å². The number of aliphatic hydroxyl groups is 1. The number of carbonyl (C=O) groups excluding carboxylic acids is 2. The number of benzene rings is 2. The Bertz CT molecular complexity index is 1790. The molecule has 16 heteroatoms. The van der Waals surface area contributed by atoms with Gasteiger partial charge in [-0.2, -0.15) is 0 Å². The number of nitrogens with one attached hydrogen (secondary N) is 1. The SMILES string of the molecule is C[C@@H](O)[C@H]1C(=O)N2C(C(=O)OCc3ccc([N+](=O)[O-])cc3)=C(SC3CN(c4nc(CNS(=O)(=O)c5ccccc5)cs4)C3)[C@H](C)[C@H]12. The number of aromatic nitrogens is 1. The summed E-state index contributed by atoms with van der Waals surface area (Å²) in [5.41, 5.74) is 1.29. The number of hydrogen-bond acceptors (Lipinski definition) is 12. The molecule has 1 amide bonds. The molecule has 3 aromatic rings. The minimum atomic E-state index is -3.66. The Hall–Kier alpha value is -3.83. The van der Waals surface area contributed by atoms with Gasteiger partial charge in [0.1, 0.15) is 12.3 Å². The number of ether oxygens (including phenoxy) is 1. The summed E-state index contributed by atoms with van der Waals surface area (Å²) in [5.74, 6) is -1.79. The monoisotopic (exact) mass is 685 g/mol. The van der Waals surface area contributed by atoms with Crippen molar-refractivity contribution in [2.75, 3.05) is 18.0 Å². The van der Waals surface area contributed by atoms with E-state index in [-0.39, 0.29) is 52.5 Å². The van der Waals surface area contributed by atoms with E-state index in [1.807, 2.05) is 12.3 Å². The highest BCUT2D eigenvalue weighted by atomic mass is 32.2. The third-order valence-electron chi connectivity index (χ3n) is 8.27. The molecule has 3 aliphatic heterocycles. The number of fused-ring (bicyclic) bond motifs is 1. The third-order valence-corrected chi connectivity index (χ3v) is 12.1. The summed E-state index contributed by atoms with van der Waals surface area (Å²) in [6, 6.07) is 13.5. The quantitative estimate of drug-likeness (QED) is 0.124. The van der Waals surface area contributed by atoms with Crippen LogP contribution >= 0.6 is 23.1 Å². The Labute approximate surface area is 273 Å². The zero-order valence-electron chi connectivity index (χ0n) is 24.8. The molecule has 4 heterocycles. The molecule has 0 spiro atoms. The smallest absolute Gasteiger partial charge is 0.356 e. The van der Waals surface area contributed by atoms with Gasteiger partial charge in [0.05, 0.1) is 40.1 Å². The summed E-state index contributed by atoms with van der Waals surface area (Å²) in [6.07, 6.45) is -0.867. The molecule has 242 valence electrons. The van der Waals surface area contributed by atoms with Crippen molar-refractivity contribution in [2.24, 2.45) is 11.8 Å². The van der Waals surface area contributed by atoms with E-state index in [4.69, 9.17) is 4.74 Å². The maximum Gasteiger partial charge on any atom is 0.356 e. The number of thiazole rings is 1. The molecule has 0 bridgehead atoms. The van der Waals surface area contributed by atoms with Crippen LogP contribution in [0.2, 0.25) is 0 Å². The first kappa shape index (κ1) is 32.1. The van der Waals surface area contributed by atoms with Crippen molar-refractivity contribution in [3.63, 3.8) is 0 Å². The maximum atomic E-state index is 13.4. The number of carbonyl (C=O) groups is 2. The van der Waals surface area contributed by atoms with Crippen LogP contribution in [0.25, 0.3) is 0 Å². The predicted molar refractivity (Wildman–Crippen MR) is 171 cm³/mol. The molecule has 46 heavy (non-hydrogen) atoms. The summed E-state index contributed by atoms with van der Waals surface area (Å²) >= 11 is 2.94. The number of aliphatic hydroxyl groups excluding tert-OH is 1. The summed E-state index contributed by atoms with van der Waals surface area (Å²) in [5, 5.41) is 23.9. The molecule has 4 atom stereocenters. The lowest BCUT2D eigenvalue weighted by atomic mass is 9.79. The number of nitro groups is 1. The van der Waals surface area contributed by atoms with Crippen LogP contribution in [0, 0.1) is 22.0 Å². The van der Waals surface area contributed by atoms with E-state index in [1.54, 1.807) is 25.1 Å². The van der Waals surface area contributed by atoms with E-state index in [0.717, 1.165) is 10.0 Å². The molecular formula is C30H31N5O8S3. The van der Waals surface area contributed by atoms with Crippen molar-refractivity contribution in [2.45, 2.75) is 49.3 Å². The van der Waals surface area contributed by atoms with Crippen molar-refractivity contribution < 1.29 is 32.8 Å². The highest BCUT2D eigenvalue weighted by molar-refractivity contribution is 8.03. The zero-order valence-corrected chi connectivity index (χ0v) is 27.3. The number of thioether (sulfide) groups is 1. The molecule has 0 aliphatic carbocycles. The Morgan fingerprint density at radius 1 is 1.22 bits per heavy atom. The molecule has 0 saturated carbocycles. The largest absolute Gasteiger partial charge is 0.456 e. The molecule has 2 N–H and O–H groups in total. The van der Waals surface area contributed by atoms with Crippen LogP contribution < -0.4 is 9.62 Å². The second kappa shape index (κ2) is 12.8. The Morgan fingerprint density at radius 2 is 1.91 bits per heavy atom. The molecule has 2 aromatic carbocycles. The van der Waals surface area contributed by atoms with Gasteiger partial charge < -0.3 is 19.6 Å². The van der Waals surface area contributed by atoms with Gasteiger partial charge in [0.25, 0.3) is 5.69 Å². The lowest BCUT2D eigenvalue weighted by Crippen LogP contribution is -2.63. The molecular weight excluding hydrogens is 655 g/mol. The van der Waals surface area contributed by atoms with E-state index >= 15 is 0 Å². The predicted octanol–water partition coefficient (Wildman–Crippen LogP) is 3.26. The average Bonchev–Trinajstić information content (AvgIpc) is 3.57. The number of rotatable bonds is 12. The number of β-lactam (4-membered cyclic amide) rings is 1. The average molecular weight is 686 g/mol. The van der Waals surface area contributed by atoms with Gasteiger partial charge in [-0.05, 0) is 36.8 Å². The summed E-state index contributed by atoms with van der Waals surface area (Å²) < 4.78 is 33.3. The highest BCUT2D eigenvalue weighted by Crippen LogP contribution is 2.52. The normalized spacial score (nSPS) is 21.9. The van der Waals surface area contributed by atoms with Crippen molar-refractivity contribution in [1.82, 2.24) is 14.6 Å². The first-order chi connectivity index (χ1) is 21.9. The maximum absolute atomic E-state index is 13.4. The number of nitro benzene ring substituents is 1. The number of non-ortho nitro benzene ring substituents is 1. The standard InChI is InChI=1S/C30H31N5O8S3/c1-17-25-24(18(2)36)28(37)34(25)26(29(38)43-15-19-8-10-21(11-9-19)35(39)40)27(17)45-22-13-33(14-22)30-32-20(16-44-30)12-31-46(41,42)23-6-4-3-5-7-23/h3-11,16-18,22,24-25,31,36H,12-15H2,1-2H3/t17-,18-,24-,25-/m1/s1. The number of nitrogens with zero attached hydrogens (tertiary/aromatic N) is 4. The van der Waals surface area contributed by atoms with Gasteiger partial charge in [-0.25, -0.2) is 22.9 Å². The molecule has 2 saturated heterocycles. The summed E-state index contributed by atoms with van der Waals surface area (Å²) in [4.78, 5) is 46.0. The van der Waals surface area contributed by atoms with Gasteiger partial charge in [-0.15, -0.1) is 23.1 Å². The number of anilines is 1. The summed E-state index contributed by atoms with van der Waals surface area (Å²) in [7, 11) is -3.66. The van der Waals surface area contributed by atoms with Crippen molar-refractivity contribution >= 4 is 55.8 Å². The first-order valence-electron chi connectivity index (χ1n) is 14.5. The third kappa shape index (κ3) is 6.14. The Morgan fingerprint density at radius 3 is 2.57 bits per heavy atom. The van der Waals surface area contributed by atoms with Crippen LogP contribution in [0.5, 0.6) is 0 Å². The van der Waals surface area contributed by atoms with Gasteiger partial charge in [0.15, 0.2) is 5.13 Å². The molecule has 0 radical (unpaired) electrons. The van der Waals surface area contributed by atoms with E-state index in [1.165, 1.54) is 64.4 Å². The van der Waals surface area contributed by atoms with Crippen molar-refractivity contribution in [1.29, 1.82) is 0 Å². The zero-order chi connectivity index (χ0) is 32.7. The van der Waals surface area contributed by atoms with Gasteiger partial charge in [0, 0.05) is 46.7 Å². The Kier molecular flexibility index (Phi) is 8.91. The topological polar surface area (TPSA) is 172 Å². The van der Waals surface area contributed by atoms with E-state index in [9.17, 15) is 33.2 Å². The molecule has 3 aliphatic rings. The van der Waals surface area contributed by atoms with Gasteiger partial charge in [-0.1, -0.05) is 25.1 Å². The summed E-state index contributed by atoms with van der Waals surface area (Å²) in [6.45, 7) is 4.72. The number of amides is 1. The number of hydrogen-bond donors (Lipinski definition) is 2. The van der Waals surface area contributed by atoms with Crippen LogP contribution in [-0.4, -0.2) is 70.7 Å². The van der Waals surface area contributed by atoms with Crippen molar-refractivity contribution in [3.8, 4) is 0 Å². The minimum Gasteiger partial charge on any atom is -0.456 e. The van der Waals surface area contributed by atoms with Crippen LogP contribution in [0.15, 0.2) is 75.5 Å². The van der Waals surface area contributed by atoms with Crippen LogP contribution in [-0.2, 0) is 37.5 Å². The lowest BCUT2D eigenvalue weighted by molar-refractivity contribution is -0.384. The highest BCUT2D eigenvalue weighted by Gasteiger charge is 2.60. The van der Waals surface area contributed by atoms with Crippen LogP contribution in [0.4, 0.5) is 10.8 Å². The second-order valence-electron chi connectivity index (χ2n) is 11.4. The molecule has 13 nitrogen and oxygen atoms in total. The molecule has 6 rings (SSSR count). The molecule has 1 aromatic heterocycles. The minimum absolute atomic E-state index is 0.0607. The fourth-order valence-electron chi connectivity index (χ4n) is 5.82. The molecule has 2 fully saturated rings. The lowest BCUT2D eigenvalue weighted by Gasteiger charge is -2.46. The second-order valence-corrected chi connectivity index (χ2v) is 15.3. The Balaban J connectivity index is 1.10.